The minimum atomic E-state index is -2.14. The SMILES string of the molecule is Cc1nn(C)c(C)c1N(CCO)S(=O)O. The minimum Gasteiger partial charge on any atom is -0.394 e. The summed E-state index contributed by atoms with van der Waals surface area (Å²) in [5, 5.41) is 13.0. The van der Waals surface area contributed by atoms with Gasteiger partial charge in [0.15, 0.2) is 0 Å². The maximum Gasteiger partial charge on any atom is 0.262 e. The van der Waals surface area contributed by atoms with E-state index in [-0.39, 0.29) is 13.2 Å². The van der Waals surface area contributed by atoms with Gasteiger partial charge >= 0.3 is 0 Å². The highest BCUT2D eigenvalue weighted by Crippen LogP contribution is 2.24. The molecule has 2 N–H and O–H groups in total. The maximum atomic E-state index is 11.1. The van der Waals surface area contributed by atoms with Crippen LogP contribution in [-0.2, 0) is 18.3 Å². The zero-order chi connectivity index (χ0) is 11.6. The summed E-state index contributed by atoms with van der Waals surface area (Å²) >= 11 is -2.14. The topological polar surface area (TPSA) is 78.6 Å². The minimum absolute atomic E-state index is 0.108. The Hall–Kier alpha value is -0.920. The van der Waals surface area contributed by atoms with Crippen LogP contribution in [0.2, 0.25) is 0 Å². The third-order valence-electron chi connectivity index (χ3n) is 2.21. The van der Waals surface area contributed by atoms with E-state index in [1.807, 2.05) is 6.92 Å². The summed E-state index contributed by atoms with van der Waals surface area (Å²) in [6.45, 7) is 3.50. The Morgan fingerprint density at radius 3 is 2.47 bits per heavy atom. The summed E-state index contributed by atoms with van der Waals surface area (Å²) in [7, 11) is 1.77. The van der Waals surface area contributed by atoms with Gasteiger partial charge in [-0.3, -0.25) is 13.5 Å². The molecule has 7 heteroatoms. The molecule has 86 valence electrons. The molecule has 0 saturated heterocycles. The van der Waals surface area contributed by atoms with Crippen LogP contribution >= 0.6 is 0 Å². The number of anilines is 1. The molecule has 1 heterocycles. The first kappa shape index (κ1) is 12.2. The first-order valence-corrected chi connectivity index (χ1v) is 5.55. The quantitative estimate of drug-likeness (QED) is 0.716. The smallest absolute Gasteiger partial charge is 0.262 e. The average Bonchev–Trinajstić information content (AvgIpc) is 2.38. The lowest BCUT2D eigenvalue weighted by molar-refractivity contribution is 0.306. The molecule has 1 aromatic rings. The van der Waals surface area contributed by atoms with Crippen molar-refractivity contribution in [1.29, 1.82) is 0 Å². The second kappa shape index (κ2) is 4.73. The van der Waals surface area contributed by atoms with Crippen LogP contribution in [0.25, 0.3) is 0 Å². The standard InChI is InChI=1S/C8H15N3O3S/c1-6-8(7(2)10(3)9-6)11(4-5-12)15(13)14/h12H,4-5H2,1-3H3,(H,13,14). The molecule has 0 spiro atoms. The van der Waals surface area contributed by atoms with E-state index < -0.39 is 11.3 Å². The van der Waals surface area contributed by atoms with Crippen LogP contribution < -0.4 is 4.31 Å². The molecule has 1 rings (SSSR count). The van der Waals surface area contributed by atoms with Gasteiger partial charge in [-0.1, -0.05) is 0 Å². The van der Waals surface area contributed by atoms with Crippen molar-refractivity contribution in [2.75, 3.05) is 17.5 Å². The molecule has 0 bridgehead atoms. The van der Waals surface area contributed by atoms with Crippen LogP contribution in [0.5, 0.6) is 0 Å². The molecule has 0 aliphatic carbocycles. The van der Waals surface area contributed by atoms with E-state index in [1.54, 1.807) is 18.7 Å². The highest BCUT2D eigenvalue weighted by atomic mass is 32.2. The van der Waals surface area contributed by atoms with Gasteiger partial charge in [0.1, 0.15) is 0 Å². The van der Waals surface area contributed by atoms with Crippen molar-refractivity contribution in [2.24, 2.45) is 7.05 Å². The highest BCUT2D eigenvalue weighted by molar-refractivity contribution is 7.80. The Kier molecular flexibility index (Phi) is 3.83. The van der Waals surface area contributed by atoms with Gasteiger partial charge in [0.05, 0.1) is 30.2 Å². The van der Waals surface area contributed by atoms with Gasteiger partial charge in [-0.15, -0.1) is 0 Å². The zero-order valence-electron chi connectivity index (χ0n) is 8.97. The third kappa shape index (κ3) is 2.36. The van der Waals surface area contributed by atoms with E-state index in [9.17, 15) is 4.21 Å². The van der Waals surface area contributed by atoms with Crippen LogP contribution in [0.3, 0.4) is 0 Å². The molecule has 0 aromatic carbocycles. The van der Waals surface area contributed by atoms with Crippen LogP contribution in [0.4, 0.5) is 5.69 Å². The van der Waals surface area contributed by atoms with Gasteiger partial charge in [0, 0.05) is 7.05 Å². The fraction of sp³-hybridized carbons (Fsp3) is 0.625. The second-order valence-electron chi connectivity index (χ2n) is 3.20. The van der Waals surface area contributed by atoms with E-state index >= 15 is 0 Å². The molecule has 0 fully saturated rings. The third-order valence-corrected chi connectivity index (χ3v) is 2.95. The van der Waals surface area contributed by atoms with Crippen molar-refractivity contribution in [3.8, 4) is 0 Å². The Labute approximate surface area is 90.9 Å². The number of hydrogen-bond acceptors (Lipinski definition) is 3. The predicted octanol–water partition coefficient (Wildman–Crippen LogP) is -0.0277. The Bertz CT molecular complexity index is 377. The first-order chi connectivity index (χ1) is 6.99. The van der Waals surface area contributed by atoms with Crippen LogP contribution in [-0.4, -0.2) is 36.8 Å². The molecular weight excluding hydrogens is 218 g/mol. The number of aryl methyl sites for hydroxylation is 2. The Morgan fingerprint density at radius 1 is 1.53 bits per heavy atom. The van der Waals surface area contributed by atoms with Gasteiger partial charge in [-0.2, -0.15) is 5.10 Å². The van der Waals surface area contributed by atoms with E-state index in [0.717, 1.165) is 5.69 Å². The number of hydrogen-bond donors (Lipinski definition) is 2. The largest absolute Gasteiger partial charge is 0.394 e. The van der Waals surface area contributed by atoms with Crippen molar-refractivity contribution >= 4 is 17.0 Å². The Morgan fingerprint density at radius 2 is 2.13 bits per heavy atom. The Balaban J connectivity index is 3.15. The lowest BCUT2D eigenvalue weighted by Gasteiger charge is -2.18. The fourth-order valence-corrected chi connectivity index (χ4v) is 2.14. The van der Waals surface area contributed by atoms with Crippen molar-refractivity contribution in [1.82, 2.24) is 9.78 Å². The van der Waals surface area contributed by atoms with E-state index in [1.165, 1.54) is 4.31 Å². The summed E-state index contributed by atoms with van der Waals surface area (Å²) < 4.78 is 23.1. The molecule has 0 radical (unpaired) electrons. The van der Waals surface area contributed by atoms with Crippen LogP contribution in [0.15, 0.2) is 0 Å². The molecule has 0 aliphatic heterocycles. The molecule has 1 unspecified atom stereocenters. The van der Waals surface area contributed by atoms with Crippen molar-refractivity contribution in [3.05, 3.63) is 11.4 Å². The summed E-state index contributed by atoms with van der Waals surface area (Å²) in [4.78, 5) is 0. The summed E-state index contributed by atoms with van der Waals surface area (Å²) in [6, 6.07) is 0. The number of aliphatic hydroxyl groups excluding tert-OH is 1. The zero-order valence-corrected chi connectivity index (χ0v) is 9.78. The molecule has 0 amide bonds. The molecule has 1 atom stereocenters. The number of aromatic nitrogens is 2. The fourth-order valence-electron chi connectivity index (χ4n) is 1.48. The monoisotopic (exact) mass is 233 g/mol. The lowest BCUT2D eigenvalue weighted by Crippen LogP contribution is -2.29. The highest BCUT2D eigenvalue weighted by Gasteiger charge is 2.20. The molecule has 0 saturated carbocycles. The summed E-state index contributed by atoms with van der Waals surface area (Å²) in [5.41, 5.74) is 2.07. The van der Waals surface area contributed by atoms with Crippen molar-refractivity contribution in [3.63, 3.8) is 0 Å². The van der Waals surface area contributed by atoms with Gasteiger partial charge in [0.2, 0.25) is 0 Å². The summed E-state index contributed by atoms with van der Waals surface area (Å²) in [5.74, 6) is 0. The van der Waals surface area contributed by atoms with Gasteiger partial charge in [0.25, 0.3) is 11.3 Å². The number of nitrogens with zero attached hydrogens (tertiary/aromatic N) is 3. The van der Waals surface area contributed by atoms with Gasteiger partial charge in [-0.25, -0.2) is 4.21 Å². The van der Waals surface area contributed by atoms with E-state index in [0.29, 0.717) is 11.4 Å². The first-order valence-electron chi connectivity index (χ1n) is 4.48. The summed E-state index contributed by atoms with van der Waals surface area (Å²) in [6.07, 6.45) is 0. The van der Waals surface area contributed by atoms with Crippen molar-refractivity contribution < 1.29 is 13.9 Å². The van der Waals surface area contributed by atoms with Gasteiger partial charge < -0.3 is 5.11 Å². The van der Waals surface area contributed by atoms with Crippen molar-refractivity contribution in [2.45, 2.75) is 13.8 Å². The molecule has 0 aliphatic rings. The van der Waals surface area contributed by atoms with Crippen LogP contribution in [0, 0.1) is 13.8 Å². The molecule has 6 nitrogen and oxygen atoms in total. The predicted molar refractivity (Wildman–Crippen MR) is 57.9 cm³/mol. The average molecular weight is 233 g/mol. The molecular formula is C8H15N3O3S. The van der Waals surface area contributed by atoms with E-state index in [2.05, 4.69) is 5.10 Å². The van der Waals surface area contributed by atoms with Crippen LogP contribution in [0.1, 0.15) is 11.4 Å². The number of rotatable bonds is 4. The second-order valence-corrected chi connectivity index (χ2v) is 4.10. The van der Waals surface area contributed by atoms with E-state index in [4.69, 9.17) is 9.66 Å². The van der Waals surface area contributed by atoms with Gasteiger partial charge in [-0.05, 0) is 13.8 Å². The maximum absolute atomic E-state index is 11.1. The lowest BCUT2D eigenvalue weighted by atomic mass is 10.3. The molecule has 1 aromatic heterocycles. The number of aliphatic hydroxyl groups is 1. The normalized spacial score (nSPS) is 12.9. The molecule has 15 heavy (non-hydrogen) atoms.